The summed E-state index contributed by atoms with van der Waals surface area (Å²) < 4.78 is -1.24. The van der Waals surface area contributed by atoms with Crippen molar-refractivity contribution in [2.45, 2.75) is 43.1 Å². The Morgan fingerprint density at radius 1 is 0.786 bits per heavy atom. The van der Waals surface area contributed by atoms with Crippen molar-refractivity contribution < 1.29 is 14.4 Å². The van der Waals surface area contributed by atoms with Gasteiger partial charge in [0.15, 0.2) is 0 Å². The van der Waals surface area contributed by atoms with Gasteiger partial charge >= 0.3 is 0 Å². The number of thioether (sulfide) groups is 2. The van der Waals surface area contributed by atoms with Gasteiger partial charge in [-0.1, -0.05) is 117 Å². The predicted molar refractivity (Wildman–Crippen MR) is 122 cm³/mol. The maximum atomic E-state index is 12.8. The summed E-state index contributed by atoms with van der Waals surface area (Å²) in [5, 5.41) is -0.911. The van der Waals surface area contributed by atoms with E-state index in [1.54, 1.807) is 48.5 Å². The second kappa shape index (κ2) is 11.5. The third kappa shape index (κ3) is 6.54. The lowest BCUT2D eigenvalue weighted by Crippen LogP contribution is -2.31. The van der Waals surface area contributed by atoms with Gasteiger partial charge in [-0.05, 0) is 6.42 Å². The molecule has 0 N–H and O–H groups in total. The molecule has 28 heavy (non-hydrogen) atoms. The van der Waals surface area contributed by atoms with E-state index in [9.17, 15) is 14.4 Å². The molecule has 0 bridgehead atoms. The number of thiol groups is 1. The minimum Gasteiger partial charge on any atom is -0.285 e. The molecule has 2 aromatic carbocycles. The van der Waals surface area contributed by atoms with Crippen molar-refractivity contribution in [2.75, 3.05) is 0 Å². The summed E-state index contributed by atoms with van der Waals surface area (Å²) in [6, 6.07) is 17.6. The van der Waals surface area contributed by atoms with Gasteiger partial charge in [-0.15, -0.1) is 12.6 Å². The zero-order valence-electron chi connectivity index (χ0n) is 15.8. The highest BCUT2D eigenvalue weighted by Gasteiger charge is 2.42. The smallest absolute Gasteiger partial charge is 0.221 e. The maximum absolute atomic E-state index is 12.8. The molecule has 0 spiro atoms. The van der Waals surface area contributed by atoms with Crippen LogP contribution in [-0.2, 0) is 4.79 Å². The SMILES string of the molecule is CCCCCCC(SC(=O)c1ccccc1)(SC(=O)c1ccccc1)C(=O)S. The quantitative estimate of drug-likeness (QED) is 0.273. The number of carbonyl (C=O) groups excluding carboxylic acids is 3. The lowest BCUT2D eigenvalue weighted by molar-refractivity contribution is -0.111. The van der Waals surface area contributed by atoms with E-state index in [0.717, 1.165) is 49.2 Å². The van der Waals surface area contributed by atoms with Crippen LogP contribution in [0.5, 0.6) is 0 Å². The molecule has 0 amide bonds. The first-order valence-corrected chi connectivity index (χ1v) is 11.4. The van der Waals surface area contributed by atoms with Crippen LogP contribution >= 0.6 is 36.2 Å². The Morgan fingerprint density at radius 3 is 1.64 bits per heavy atom. The normalized spacial score (nSPS) is 11.2. The van der Waals surface area contributed by atoms with Gasteiger partial charge in [0.05, 0.1) is 0 Å². The molecular weight excluding hydrogens is 408 g/mol. The van der Waals surface area contributed by atoms with E-state index in [4.69, 9.17) is 0 Å². The molecule has 0 fully saturated rings. The minimum absolute atomic E-state index is 0.230. The third-order valence-electron chi connectivity index (χ3n) is 4.22. The lowest BCUT2D eigenvalue weighted by atomic mass is 10.1. The van der Waals surface area contributed by atoms with E-state index in [0.29, 0.717) is 17.5 Å². The van der Waals surface area contributed by atoms with Crippen LogP contribution in [0.2, 0.25) is 0 Å². The number of unbranched alkanes of at least 4 members (excludes halogenated alkanes) is 3. The number of hydrogen-bond acceptors (Lipinski definition) is 5. The fourth-order valence-corrected chi connectivity index (χ4v) is 5.45. The topological polar surface area (TPSA) is 51.2 Å². The molecule has 0 atom stereocenters. The molecule has 0 aliphatic carbocycles. The third-order valence-corrected chi connectivity index (χ3v) is 7.68. The fraction of sp³-hybridized carbons (Fsp3) is 0.318. The summed E-state index contributed by atoms with van der Waals surface area (Å²) in [5.41, 5.74) is 1.01. The first-order chi connectivity index (χ1) is 13.5. The van der Waals surface area contributed by atoms with Gasteiger partial charge in [-0.2, -0.15) is 0 Å². The van der Waals surface area contributed by atoms with Gasteiger partial charge in [-0.25, -0.2) is 0 Å². The molecule has 148 valence electrons. The number of carbonyl (C=O) groups is 3. The first-order valence-electron chi connectivity index (χ1n) is 9.28. The van der Waals surface area contributed by atoms with Crippen LogP contribution in [-0.4, -0.2) is 19.4 Å². The highest BCUT2D eigenvalue weighted by Crippen LogP contribution is 2.46. The molecular formula is C22H24O3S3. The molecule has 0 saturated heterocycles. The molecule has 0 saturated carbocycles. The zero-order chi connectivity index (χ0) is 20.4. The van der Waals surface area contributed by atoms with Gasteiger partial charge in [0.1, 0.15) is 4.08 Å². The summed E-state index contributed by atoms with van der Waals surface area (Å²) >= 11 is 5.92. The van der Waals surface area contributed by atoms with Crippen LogP contribution in [0.25, 0.3) is 0 Å². The summed E-state index contributed by atoms with van der Waals surface area (Å²) in [6.45, 7) is 2.11. The van der Waals surface area contributed by atoms with Crippen molar-refractivity contribution in [1.82, 2.24) is 0 Å². The number of benzene rings is 2. The summed E-state index contributed by atoms with van der Waals surface area (Å²) in [6.07, 6.45) is 4.23. The van der Waals surface area contributed by atoms with Crippen LogP contribution in [0.1, 0.15) is 59.7 Å². The van der Waals surface area contributed by atoms with E-state index < -0.39 is 9.19 Å². The van der Waals surface area contributed by atoms with Crippen LogP contribution in [0.4, 0.5) is 0 Å². The van der Waals surface area contributed by atoms with Crippen molar-refractivity contribution in [2.24, 2.45) is 0 Å². The fourth-order valence-electron chi connectivity index (χ4n) is 2.67. The second-order valence-corrected chi connectivity index (χ2v) is 9.59. The van der Waals surface area contributed by atoms with Crippen molar-refractivity contribution in [3.8, 4) is 0 Å². The van der Waals surface area contributed by atoms with E-state index in [2.05, 4.69) is 19.6 Å². The average molecular weight is 433 g/mol. The van der Waals surface area contributed by atoms with Gasteiger partial charge in [0.25, 0.3) is 0 Å². The Bertz CT molecular complexity index is 738. The van der Waals surface area contributed by atoms with Crippen molar-refractivity contribution in [3.05, 3.63) is 71.8 Å². The van der Waals surface area contributed by atoms with Gasteiger partial charge in [0, 0.05) is 11.1 Å². The largest absolute Gasteiger partial charge is 0.285 e. The Hall–Kier alpha value is -1.50. The molecule has 0 heterocycles. The van der Waals surface area contributed by atoms with Gasteiger partial charge in [-0.3, -0.25) is 14.4 Å². The highest BCUT2D eigenvalue weighted by atomic mass is 32.2. The lowest BCUT2D eigenvalue weighted by Gasteiger charge is -2.28. The van der Waals surface area contributed by atoms with Crippen molar-refractivity contribution in [3.63, 3.8) is 0 Å². The zero-order valence-corrected chi connectivity index (χ0v) is 18.3. The van der Waals surface area contributed by atoms with Crippen LogP contribution < -0.4 is 0 Å². The minimum atomic E-state index is -1.24. The van der Waals surface area contributed by atoms with Gasteiger partial charge in [0.2, 0.25) is 15.3 Å². The first kappa shape index (κ1) is 22.8. The Balaban J connectivity index is 2.27. The molecule has 6 heteroatoms. The van der Waals surface area contributed by atoms with Crippen LogP contribution in [0.3, 0.4) is 0 Å². The molecule has 0 aliphatic heterocycles. The van der Waals surface area contributed by atoms with E-state index in [1.807, 2.05) is 12.1 Å². The summed E-state index contributed by atoms with van der Waals surface area (Å²) in [4.78, 5) is 38.2. The summed E-state index contributed by atoms with van der Waals surface area (Å²) in [5.74, 6) is 0. The van der Waals surface area contributed by atoms with Gasteiger partial charge < -0.3 is 0 Å². The van der Waals surface area contributed by atoms with E-state index >= 15 is 0 Å². The predicted octanol–water partition coefficient (Wildman–Crippen LogP) is 6.26. The molecule has 0 aromatic heterocycles. The average Bonchev–Trinajstić information content (AvgIpc) is 2.72. The molecule has 3 nitrogen and oxygen atoms in total. The second-order valence-electron chi connectivity index (χ2n) is 6.38. The molecule has 0 aliphatic rings. The molecule has 0 radical (unpaired) electrons. The molecule has 0 unspecified atom stereocenters. The maximum Gasteiger partial charge on any atom is 0.221 e. The standard InChI is InChI=1S/C22H24O3S3/c1-2-3-4-11-16-22(21(25)26,27-19(23)17-12-7-5-8-13-17)28-20(24)18-14-9-6-10-15-18/h5-10,12-15H,2-4,11,16H2,1H3,(H,25,26). The van der Waals surface area contributed by atoms with E-state index in [-0.39, 0.29) is 10.2 Å². The molecule has 2 aromatic rings. The number of hydrogen-bond donors (Lipinski definition) is 1. The Labute approximate surface area is 180 Å². The Kier molecular flexibility index (Phi) is 9.35. The summed E-state index contributed by atoms with van der Waals surface area (Å²) in [7, 11) is 0. The monoisotopic (exact) mass is 432 g/mol. The van der Waals surface area contributed by atoms with Crippen molar-refractivity contribution in [1.29, 1.82) is 0 Å². The van der Waals surface area contributed by atoms with E-state index in [1.165, 1.54) is 0 Å². The van der Waals surface area contributed by atoms with Crippen molar-refractivity contribution >= 4 is 51.5 Å². The highest BCUT2D eigenvalue weighted by molar-refractivity contribution is 8.33. The Morgan fingerprint density at radius 2 is 1.25 bits per heavy atom. The molecule has 2 rings (SSSR count). The number of rotatable bonds is 10. The van der Waals surface area contributed by atoms with Crippen LogP contribution in [0, 0.1) is 0 Å². The van der Waals surface area contributed by atoms with Crippen LogP contribution in [0.15, 0.2) is 60.7 Å².